The van der Waals surface area contributed by atoms with Crippen LogP contribution in [0.2, 0.25) is 0 Å². The maximum atomic E-state index is 14.5. The first-order valence-electron chi connectivity index (χ1n) is 44.2. The van der Waals surface area contributed by atoms with Crippen molar-refractivity contribution in [1.82, 2.24) is 40.2 Å². The Bertz CT molecular complexity index is 4950. The molecule has 0 spiro atoms. The lowest BCUT2D eigenvalue weighted by atomic mass is 9.79. The van der Waals surface area contributed by atoms with E-state index < -0.39 is 133 Å². The third kappa shape index (κ3) is 27.3. The smallest absolute Gasteiger partial charge is 0.241 e. The SMILES string of the molecule is Cc1ccc(S(=O)(=O)NC(C(=O)NCCOc2c3cc(C(C)(C)C)cc2Cc2cc(C(C)(C)C)cc(c2OCCNC(=O)C(NS(=O)(=O)c2ccc(C)cc2)C(C)C)Cc2cc(C(C)(C)C)cc(c2OCCNC(=O)C(NS(=O)(=O)c2ccc(C)cc2)C(C)C)Cc2cc(C(C)(C)C)cc(c2OCCNC(=O)C(NS(=O)(=O)c2ccc(C)cc2)C(C)C)C3)C(C)C)cc1. The molecule has 0 fully saturated rings. The lowest BCUT2D eigenvalue weighted by Gasteiger charge is -2.29. The molecule has 8 bridgehead atoms. The van der Waals surface area contributed by atoms with Gasteiger partial charge in [0.1, 0.15) is 73.6 Å². The summed E-state index contributed by atoms with van der Waals surface area (Å²) in [7, 11) is -16.7. The first-order chi connectivity index (χ1) is 59.5. The van der Waals surface area contributed by atoms with Crippen LogP contribution in [0.5, 0.6) is 23.0 Å². The summed E-state index contributed by atoms with van der Waals surface area (Å²) in [6.45, 7) is 46.3. The third-order valence-electron chi connectivity index (χ3n) is 22.8. The molecule has 8 aromatic carbocycles. The summed E-state index contributed by atoms with van der Waals surface area (Å²) in [5.41, 5.74) is 10.8. The van der Waals surface area contributed by atoms with E-state index in [0.29, 0.717) is 67.5 Å². The van der Waals surface area contributed by atoms with E-state index in [1.807, 2.05) is 27.7 Å². The molecule has 24 nitrogen and oxygen atoms in total. The molecule has 0 aliphatic heterocycles. The fourth-order valence-electron chi connectivity index (χ4n) is 14.9. The number of hydrogen-bond donors (Lipinski definition) is 8. The van der Waals surface area contributed by atoms with Crippen molar-refractivity contribution in [2.45, 2.75) is 257 Å². The van der Waals surface area contributed by atoms with Crippen molar-refractivity contribution < 1.29 is 71.8 Å². The van der Waals surface area contributed by atoms with Crippen LogP contribution in [0.15, 0.2) is 165 Å². The number of rotatable bonds is 36. The van der Waals surface area contributed by atoms with Gasteiger partial charge in [-0.2, -0.15) is 18.9 Å². The Hall–Kier alpha value is -9.52. The quantitative estimate of drug-likeness (QED) is 0.0169. The van der Waals surface area contributed by atoms with Crippen LogP contribution in [-0.2, 0) is 107 Å². The Kier molecular flexibility index (Phi) is 33.7. The zero-order valence-corrected chi connectivity index (χ0v) is 82.4. The van der Waals surface area contributed by atoms with E-state index >= 15 is 0 Å². The van der Waals surface area contributed by atoms with Crippen LogP contribution >= 0.6 is 0 Å². The van der Waals surface area contributed by atoms with Crippen molar-refractivity contribution in [3.05, 3.63) is 235 Å². The zero-order valence-electron chi connectivity index (χ0n) is 79.1. The van der Waals surface area contributed by atoms with Gasteiger partial charge in [0.2, 0.25) is 63.7 Å². The molecule has 4 amide bonds. The standard InChI is InChI=1S/C100H136N8O16S4/c1-61(2)85(105-125(113,114)81-33-25-65(9)26-34-81)93(109)101-41-45-121-89-69-49-71-55-78(98(16,17)18)57-73(90(71)122-46-42-102-94(110)86(62(3)4)106-126(115,116)82-35-27-66(10)28-36-82)51-75-59-80(100(22,23)24)60-76(92(75)124-48-44-104-96(112)88(64(7)8)108-128(119,120)84-39-31-68(12)32-40-84)52-74-58-79(99(19,20)21)56-72(50-70(89)54-77(53-69)97(13,14)15)91(74)123-47-43-103-95(111)87(63(5)6)107-127(117,118)83-37-29-67(11)30-38-83/h25-40,53-64,85-88,105-108H,41-52H2,1-24H3,(H,101,109)(H,102,110)(H,103,111)(H,104,112). The van der Waals surface area contributed by atoms with Crippen molar-refractivity contribution in [2.75, 3.05) is 52.6 Å². The van der Waals surface area contributed by atoms with E-state index in [-0.39, 0.29) is 97.9 Å². The molecule has 1 aliphatic rings. The van der Waals surface area contributed by atoms with E-state index in [4.69, 9.17) is 18.9 Å². The molecule has 128 heavy (non-hydrogen) atoms. The largest absolute Gasteiger partial charge is 0.491 e. The summed E-state index contributed by atoms with van der Waals surface area (Å²) in [6, 6.07) is 37.8. The number of hydrogen-bond acceptors (Lipinski definition) is 16. The van der Waals surface area contributed by atoms with Gasteiger partial charge in [0.15, 0.2) is 0 Å². The molecule has 0 radical (unpaired) electrons. The summed E-state index contributed by atoms with van der Waals surface area (Å²) >= 11 is 0. The number of carbonyl (C=O) groups is 4. The molecule has 4 unspecified atom stereocenters. The Morgan fingerprint density at radius 2 is 0.422 bits per heavy atom. The number of benzene rings is 8. The van der Waals surface area contributed by atoms with Crippen LogP contribution in [0.25, 0.3) is 0 Å². The molecule has 28 heteroatoms. The van der Waals surface area contributed by atoms with Gasteiger partial charge in [-0.1, -0.05) is 258 Å². The Morgan fingerprint density at radius 3 is 0.555 bits per heavy atom. The Labute approximate surface area is 761 Å². The summed E-state index contributed by atoms with van der Waals surface area (Å²) in [5, 5.41) is 12.0. The fourth-order valence-corrected chi connectivity index (χ4v) is 20.3. The van der Waals surface area contributed by atoms with Crippen LogP contribution in [0.3, 0.4) is 0 Å². The second-order valence-corrected chi connectivity index (χ2v) is 46.2. The molecule has 696 valence electrons. The zero-order chi connectivity index (χ0) is 94.7. The average Bonchev–Trinajstić information content (AvgIpc) is 0.763. The van der Waals surface area contributed by atoms with E-state index in [0.717, 1.165) is 44.5 Å². The molecular formula is C100H136N8O16S4. The number of carbonyl (C=O) groups excluding carboxylic acids is 4. The van der Waals surface area contributed by atoms with Crippen molar-refractivity contribution in [3.8, 4) is 23.0 Å². The predicted octanol–water partition coefficient (Wildman–Crippen LogP) is 14.8. The molecule has 0 saturated carbocycles. The summed E-state index contributed by atoms with van der Waals surface area (Å²) in [6.07, 6.45) is 0.585. The number of sulfonamides is 4. The fraction of sp³-hybridized carbons (Fsp3) is 0.480. The van der Waals surface area contributed by atoms with E-state index in [2.05, 4.69) is 172 Å². The molecule has 0 saturated heterocycles. The van der Waals surface area contributed by atoms with Crippen molar-refractivity contribution in [1.29, 1.82) is 0 Å². The van der Waals surface area contributed by atoms with E-state index in [1.165, 1.54) is 48.5 Å². The van der Waals surface area contributed by atoms with Gasteiger partial charge in [0.05, 0.1) is 45.8 Å². The van der Waals surface area contributed by atoms with Gasteiger partial charge in [-0.3, -0.25) is 19.2 Å². The molecule has 0 aromatic heterocycles. The molecule has 9 rings (SSSR count). The van der Waals surface area contributed by atoms with Gasteiger partial charge in [0, 0.05) is 25.7 Å². The first-order valence-corrected chi connectivity index (χ1v) is 50.1. The molecule has 1 aliphatic carbocycles. The van der Waals surface area contributed by atoms with Crippen LogP contribution in [-0.4, -0.2) is 134 Å². The van der Waals surface area contributed by atoms with Crippen LogP contribution < -0.4 is 59.1 Å². The Morgan fingerprint density at radius 1 is 0.273 bits per heavy atom. The molecule has 8 N–H and O–H groups in total. The number of amides is 4. The first kappa shape index (κ1) is 102. The molecule has 8 aromatic rings. The maximum Gasteiger partial charge on any atom is 0.241 e. The second-order valence-electron chi connectivity index (χ2n) is 39.4. The summed E-state index contributed by atoms with van der Waals surface area (Å²) < 4.78 is 151. The highest BCUT2D eigenvalue weighted by atomic mass is 32.2. The maximum absolute atomic E-state index is 14.5. The second kappa shape index (κ2) is 42.1. The highest BCUT2D eigenvalue weighted by molar-refractivity contribution is 7.90. The van der Waals surface area contributed by atoms with Crippen molar-refractivity contribution in [3.63, 3.8) is 0 Å². The highest BCUT2D eigenvalue weighted by Crippen LogP contribution is 2.45. The monoisotopic (exact) mass is 1830 g/mol. The lowest BCUT2D eigenvalue weighted by Crippen LogP contribution is -2.50. The van der Waals surface area contributed by atoms with Crippen LogP contribution in [0, 0.1) is 51.4 Å². The minimum absolute atomic E-state index is 0.0102. The third-order valence-corrected chi connectivity index (χ3v) is 28.6. The van der Waals surface area contributed by atoms with Gasteiger partial charge in [-0.25, -0.2) is 33.7 Å². The Balaban J connectivity index is 1.25. The summed E-state index contributed by atoms with van der Waals surface area (Å²) in [4.78, 5) is 58.2. The van der Waals surface area contributed by atoms with Crippen molar-refractivity contribution >= 4 is 63.7 Å². The van der Waals surface area contributed by atoms with Crippen LogP contribution in [0.1, 0.15) is 227 Å². The highest BCUT2D eigenvalue weighted by Gasteiger charge is 2.36. The van der Waals surface area contributed by atoms with Gasteiger partial charge in [-0.05, 0) is 188 Å². The van der Waals surface area contributed by atoms with E-state index in [1.54, 1.807) is 104 Å². The average molecular weight is 1830 g/mol. The van der Waals surface area contributed by atoms with Gasteiger partial charge in [-0.15, -0.1) is 0 Å². The topological polar surface area (TPSA) is 338 Å². The van der Waals surface area contributed by atoms with Gasteiger partial charge < -0.3 is 40.2 Å². The molecule has 4 atom stereocenters. The summed E-state index contributed by atoms with van der Waals surface area (Å²) in [5.74, 6) is -2.35. The minimum atomic E-state index is -4.16. The predicted molar refractivity (Wildman–Crippen MR) is 506 cm³/mol. The lowest BCUT2D eigenvalue weighted by molar-refractivity contribution is -0.124. The van der Waals surface area contributed by atoms with E-state index in [9.17, 15) is 52.8 Å². The molecular weight excluding hydrogens is 1700 g/mol. The number of aryl methyl sites for hydroxylation is 4. The number of nitrogens with one attached hydrogen (secondary N) is 8. The molecule has 0 heterocycles. The van der Waals surface area contributed by atoms with Gasteiger partial charge in [0.25, 0.3) is 0 Å². The minimum Gasteiger partial charge on any atom is -0.491 e. The van der Waals surface area contributed by atoms with Gasteiger partial charge >= 0.3 is 0 Å². The van der Waals surface area contributed by atoms with Crippen LogP contribution in [0.4, 0.5) is 0 Å². The van der Waals surface area contributed by atoms with Crippen molar-refractivity contribution in [2.24, 2.45) is 23.7 Å². The number of ether oxygens (including phenoxy) is 4. The normalized spacial score (nSPS) is 14.1. The number of fused-ring (bicyclic) bond motifs is 8.